The molecule has 24 heavy (non-hydrogen) atoms. The minimum absolute atomic E-state index is 0.337. The average Bonchev–Trinajstić information content (AvgIpc) is 2.95. The molecule has 2 aromatic rings. The number of nitrogens with zero attached hydrogens (tertiary/aromatic N) is 2. The fraction of sp³-hybridized carbons (Fsp3) is 0.450. The van der Waals surface area contributed by atoms with Crippen molar-refractivity contribution < 1.29 is 9.53 Å². The van der Waals surface area contributed by atoms with Crippen molar-refractivity contribution in [2.75, 3.05) is 20.2 Å². The van der Waals surface area contributed by atoms with E-state index < -0.39 is 0 Å². The smallest absolute Gasteiger partial charge is 0.418 e. The largest absolute Gasteiger partial charge is 0.452 e. The monoisotopic (exact) mass is 324 g/mol. The quantitative estimate of drug-likeness (QED) is 0.837. The van der Waals surface area contributed by atoms with Gasteiger partial charge < -0.3 is 4.74 Å². The first kappa shape index (κ1) is 15.5. The first-order valence-electron chi connectivity index (χ1n) is 8.82. The molecule has 1 aliphatic carbocycles. The number of rotatable bonds is 2. The number of hydrogen-bond acceptors (Lipinski definition) is 3. The molecule has 0 amide bonds. The molecule has 1 aromatic heterocycles. The Kier molecular flexibility index (Phi) is 3.72. The molecule has 0 radical (unpaired) electrons. The van der Waals surface area contributed by atoms with Gasteiger partial charge in [0.15, 0.2) is 0 Å². The highest BCUT2D eigenvalue weighted by Crippen LogP contribution is 2.45. The molecule has 2 aliphatic rings. The van der Waals surface area contributed by atoms with Crippen LogP contribution in [0.25, 0.3) is 17.0 Å². The first-order valence-corrected chi connectivity index (χ1v) is 8.82. The number of carbonyl (C=O) groups is 1. The third-order valence-electron chi connectivity index (χ3n) is 5.83. The zero-order chi connectivity index (χ0) is 16.8. The van der Waals surface area contributed by atoms with Crippen molar-refractivity contribution in [2.45, 2.75) is 38.1 Å². The van der Waals surface area contributed by atoms with Crippen LogP contribution in [-0.2, 0) is 11.2 Å². The van der Waals surface area contributed by atoms with Crippen LogP contribution in [0.3, 0.4) is 0 Å². The maximum absolute atomic E-state index is 12.4. The molecule has 1 aliphatic heterocycles. The summed E-state index contributed by atoms with van der Waals surface area (Å²) in [5, 5.41) is 1.25. The summed E-state index contributed by atoms with van der Waals surface area (Å²) in [5.41, 5.74) is 4.49. The van der Waals surface area contributed by atoms with Gasteiger partial charge in [-0.3, -0.25) is 4.90 Å². The van der Waals surface area contributed by atoms with Gasteiger partial charge in [-0.25, -0.2) is 9.36 Å². The normalized spacial score (nSPS) is 23.1. The molecule has 1 aromatic carbocycles. The highest BCUT2D eigenvalue weighted by Gasteiger charge is 2.39. The predicted octanol–water partition coefficient (Wildman–Crippen LogP) is 4.02. The topological polar surface area (TPSA) is 34.5 Å². The van der Waals surface area contributed by atoms with Gasteiger partial charge in [0, 0.05) is 17.3 Å². The maximum Gasteiger partial charge on any atom is 0.418 e. The summed E-state index contributed by atoms with van der Waals surface area (Å²) in [7, 11) is 1.43. The predicted molar refractivity (Wildman–Crippen MR) is 96.5 cm³/mol. The van der Waals surface area contributed by atoms with Crippen molar-refractivity contribution in [3.8, 4) is 0 Å². The summed E-state index contributed by atoms with van der Waals surface area (Å²) < 4.78 is 6.72. The minimum Gasteiger partial charge on any atom is -0.452 e. The van der Waals surface area contributed by atoms with Crippen molar-refractivity contribution in [1.82, 2.24) is 9.47 Å². The van der Waals surface area contributed by atoms with Gasteiger partial charge in [-0.05, 0) is 55.6 Å². The van der Waals surface area contributed by atoms with E-state index in [1.165, 1.54) is 43.0 Å². The number of fused-ring (bicyclic) bond motifs is 2. The SMILES string of the molecule is C=Cc1c2c3c(cccc3n1C(=O)OC)[C@H]1CCCN(CC)[C@@H]1C2. The second-order valence-electron chi connectivity index (χ2n) is 6.76. The lowest BCUT2D eigenvalue weighted by Gasteiger charge is -2.43. The molecule has 126 valence electrons. The lowest BCUT2D eigenvalue weighted by atomic mass is 9.74. The number of likely N-dealkylation sites (N-methyl/N-ethyl adjacent to an activating group) is 1. The molecule has 4 heteroatoms. The number of ether oxygens (including phenoxy) is 1. The van der Waals surface area contributed by atoms with Gasteiger partial charge >= 0.3 is 6.09 Å². The second-order valence-corrected chi connectivity index (χ2v) is 6.76. The molecule has 1 saturated heterocycles. The molecule has 0 saturated carbocycles. The number of methoxy groups -OCH3 is 1. The maximum atomic E-state index is 12.4. The lowest BCUT2D eigenvalue weighted by molar-refractivity contribution is 0.131. The fourth-order valence-corrected chi connectivity index (χ4v) is 4.85. The number of likely N-dealkylation sites (tertiary alicyclic amines) is 1. The summed E-state index contributed by atoms with van der Waals surface area (Å²) in [6, 6.07) is 6.86. The summed E-state index contributed by atoms with van der Waals surface area (Å²) in [6.07, 6.45) is 4.92. The van der Waals surface area contributed by atoms with Gasteiger partial charge in [-0.1, -0.05) is 25.6 Å². The highest BCUT2D eigenvalue weighted by atomic mass is 16.5. The summed E-state index contributed by atoms with van der Waals surface area (Å²) in [4.78, 5) is 15.0. The van der Waals surface area contributed by atoms with E-state index in [-0.39, 0.29) is 6.09 Å². The third kappa shape index (κ3) is 1.99. The fourth-order valence-electron chi connectivity index (χ4n) is 4.85. The number of benzene rings is 1. The van der Waals surface area contributed by atoms with Crippen LogP contribution < -0.4 is 0 Å². The van der Waals surface area contributed by atoms with Crippen LogP contribution in [0, 0.1) is 0 Å². The molecule has 1 fully saturated rings. The average molecular weight is 324 g/mol. The van der Waals surface area contributed by atoms with E-state index in [9.17, 15) is 4.79 Å². The Morgan fingerprint density at radius 1 is 1.46 bits per heavy atom. The Morgan fingerprint density at radius 2 is 2.29 bits per heavy atom. The van der Waals surface area contributed by atoms with E-state index in [0.29, 0.717) is 12.0 Å². The Balaban J connectivity index is 1.99. The first-order chi connectivity index (χ1) is 11.7. The summed E-state index contributed by atoms with van der Waals surface area (Å²) in [5.74, 6) is 0.557. The van der Waals surface area contributed by atoms with Crippen molar-refractivity contribution in [2.24, 2.45) is 0 Å². The van der Waals surface area contributed by atoms with E-state index >= 15 is 0 Å². The number of piperidine rings is 1. The molecule has 0 spiro atoms. The van der Waals surface area contributed by atoms with Crippen molar-refractivity contribution in [1.29, 1.82) is 0 Å². The van der Waals surface area contributed by atoms with Crippen molar-refractivity contribution in [3.63, 3.8) is 0 Å². The zero-order valence-corrected chi connectivity index (χ0v) is 14.4. The van der Waals surface area contributed by atoms with E-state index in [4.69, 9.17) is 4.74 Å². The van der Waals surface area contributed by atoms with Gasteiger partial charge in [-0.15, -0.1) is 0 Å². The van der Waals surface area contributed by atoms with E-state index in [1.54, 1.807) is 10.6 Å². The van der Waals surface area contributed by atoms with Crippen LogP contribution >= 0.6 is 0 Å². The summed E-state index contributed by atoms with van der Waals surface area (Å²) in [6.45, 7) is 8.46. The van der Waals surface area contributed by atoms with E-state index in [2.05, 4.69) is 30.5 Å². The van der Waals surface area contributed by atoms with E-state index in [1.807, 2.05) is 6.07 Å². The van der Waals surface area contributed by atoms with E-state index in [0.717, 1.165) is 24.2 Å². The molecule has 2 atom stereocenters. The van der Waals surface area contributed by atoms with Gasteiger partial charge in [0.05, 0.1) is 18.3 Å². The molecule has 2 heterocycles. The molecular weight excluding hydrogens is 300 g/mol. The van der Waals surface area contributed by atoms with Gasteiger partial charge in [-0.2, -0.15) is 0 Å². The van der Waals surface area contributed by atoms with Crippen LogP contribution in [0.5, 0.6) is 0 Å². The highest BCUT2D eigenvalue weighted by molar-refractivity contribution is 5.98. The molecule has 4 nitrogen and oxygen atoms in total. The molecule has 0 N–H and O–H groups in total. The third-order valence-corrected chi connectivity index (χ3v) is 5.83. The Bertz CT molecular complexity index is 821. The Labute approximate surface area is 142 Å². The number of carbonyl (C=O) groups excluding carboxylic acids is 1. The number of aromatic nitrogens is 1. The zero-order valence-electron chi connectivity index (χ0n) is 14.4. The van der Waals surface area contributed by atoms with Gasteiger partial charge in [0.1, 0.15) is 0 Å². The van der Waals surface area contributed by atoms with Gasteiger partial charge in [0.2, 0.25) is 0 Å². The molecular formula is C20H24N2O2. The standard InChI is InChI=1S/C20H24N2O2/c1-4-16-15-12-18-13(9-7-11-21(18)5-2)14-8-6-10-17(19(14)15)22(16)20(23)24-3/h4,6,8,10,13,18H,1,5,7,9,11-12H2,2-3H3/t13-,18-/m1/s1. The minimum atomic E-state index is -0.337. The van der Waals surface area contributed by atoms with Crippen LogP contribution in [0.2, 0.25) is 0 Å². The Hall–Kier alpha value is -2.07. The lowest BCUT2D eigenvalue weighted by Crippen LogP contribution is -2.46. The number of hydrogen-bond donors (Lipinski definition) is 0. The summed E-state index contributed by atoms with van der Waals surface area (Å²) >= 11 is 0. The Morgan fingerprint density at radius 3 is 3.00 bits per heavy atom. The van der Waals surface area contributed by atoms with Crippen LogP contribution in [-0.4, -0.2) is 41.8 Å². The molecule has 4 rings (SSSR count). The van der Waals surface area contributed by atoms with Gasteiger partial charge in [0.25, 0.3) is 0 Å². The molecule has 0 bridgehead atoms. The molecule has 0 unspecified atom stereocenters. The van der Waals surface area contributed by atoms with Crippen LogP contribution in [0.15, 0.2) is 24.8 Å². The van der Waals surface area contributed by atoms with Crippen molar-refractivity contribution >= 4 is 23.1 Å². The van der Waals surface area contributed by atoms with Crippen LogP contribution in [0.4, 0.5) is 4.79 Å². The van der Waals surface area contributed by atoms with Crippen LogP contribution in [0.1, 0.15) is 42.5 Å². The second kappa shape index (κ2) is 5.78. The van der Waals surface area contributed by atoms with Crippen molar-refractivity contribution in [3.05, 3.63) is 41.6 Å².